The Bertz CT molecular complexity index is 646. The van der Waals surface area contributed by atoms with Crippen LogP contribution in [-0.4, -0.2) is 45.8 Å². The smallest absolute Gasteiger partial charge is 0.254 e. The number of carbonyl (C=O) groups excluding carboxylic acids is 2. The van der Waals surface area contributed by atoms with Gasteiger partial charge in [-0.25, -0.2) is 0 Å². The van der Waals surface area contributed by atoms with Gasteiger partial charge < -0.3 is 16.0 Å². The van der Waals surface area contributed by atoms with Gasteiger partial charge >= 0.3 is 0 Å². The van der Waals surface area contributed by atoms with Gasteiger partial charge in [0, 0.05) is 30.4 Å². The number of rotatable bonds is 5. The molecule has 2 bridgehead atoms. The van der Waals surface area contributed by atoms with Crippen molar-refractivity contribution in [2.75, 3.05) is 0 Å². The molecule has 3 N–H and O–H groups in total. The lowest BCUT2D eigenvalue weighted by Crippen LogP contribution is -2.48. The molecule has 0 aromatic carbocycles. The van der Waals surface area contributed by atoms with Crippen LogP contribution in [-0.2, 0) is 11.3 Å². The summed E-state index contributed by atoms with van der Waals surface area (Å²) in [6.45, 7) is 0.168. The van der Waals surface area contributed by atoms with Gasteiger partial charge in [-0.1, -0.05) is 19.3 Å². The van der Waals surface area contributed by atoms with E-state index in [9.17, 15) is 9.59 Å². The first kappa shape index (κ1) is 20.1. The van der Waals surface area contributed by atoms with E-state index in [4.69, 9.17) is 0 Å². The lowest BCUT2D eigenvalue weighted by molar-refractivity contribution is -0.122. The van der Waals surface area contributed by atoms with Crippen molar-refractivity contribution in [1.29, 1.82) is 0 Å². The molecule has 3 aliphatic rings. The largest absolute Gasteiger partial charge is 0.352 e. The summed E-state index contributed by atoms with van der Waals surface area (Å²) < 4.78 is 1.55. The van der Waals surface area contributed by atoms with Crippen molar-refractivity contribution in [2.45, 2.75) is 88.5 Å². The van der Waals surface area contributed by atoms with Gasteiger partial charge in [0.15, 0.2) is 0 Å². The second-order valence-electron chi connectivity index (χ2n) is 8.11. The maximum absolute atomic E-state index is 12.5. The maximum atomic E-state index is 12.5. The number of piperidine rings is 1. The van der Waals surface area contributed by atoms with Crippen LogP contribution in [0.3, 0.4) is 0 Å². The molecule has 150 valence electrons. The molecule has 1 aromatic heterocycles. The molecule has 0 spiro atoms. The van der Waals surface area contributed by atoms with Crippen LogP contribution in [0, 0.1) is 0 Å². The quantitative estimate of drug-likeness (QED) is 0.709. The second kappa shape index (κ2) is 9.06. The second-order valence-corrected chi connectivity index (χ2v) is 8.11. The average Bonchev–Trinajstić information content (AvgIpc) is 3.22. The Hall–Kier alpha value is -1.60. The Morgan fingerprint density at radius 1 is 1.04 bits per heavy atom. The molecule has 0 radical (unpaired) electrons. The number of nitrogens with zero attached hydrogens (tertiary/aromatic N) is 2. The van der Waals surface area contributed by atoms with E-state index in [1.54, 1.807) is 17.1 Å². The van der Waals surface area contributed by atoms with E-state index in [0.29, 0.717) is 23.7 Å². The molecule has 2 aliphatic heterocycles. The molecule has 4 rings (SSSR count). The van der Waals surface area contributed by atoms with Crippen molar-refractivity contribution in [3.8, 4) is 0 Å². The first-order valence-corrected chi connectivity index (χ1v) is 10.0. The SMILES string of the molecule is Cl.O=C(Cn1cc(C(=O)NC2CC3CCC(C2)N3)cn1)NC1CCCCC1. The van der Waals surface area contributed by atoms with Crippen molar-refractivity contribution < 1.29 is 9.59 Å². The van der Waals surface area contributed by atoms with E-state index in [1.165, 1.54) is 32.1 Å². The number of fused-ring (bicyclic) bond motifs is 2. The summed E-state index contributed by atoms with van der Waals surface area (Å²) >= 11 is 0. The van der Waals surface area contributed by atoms with Crippen LogP contribution in [0.15, 0.2) is 12.4 Å². The highest BCUT2D eigenvalue weighted by Crippen LogP contribution is 2.26. The topological polar surface area (TPSA) is 88.1 Å². The first-order valence-electron chi connectivity index (χ1n) is 10.0. The lowest BCUT2D eigenvalue weighted by Gasteiger charge is -2.29. The molecule has 1 saturated carbocycles. The van der Waals surface area contributed by atoms with E-state index < -0.39 is 0 Å². The Labute approximate surface area is 166 Å². The summed E-state index contributed by atoms with van der Waals surface area (Å²) in [7, 11) is 0. The summed E-state index contributed by atoms with van der Waals surface area (Å²) in [6, 6.07) is 1.62. The lowest BCUT2D eigenvalue weighted by atomic mass is 9.95. The van der Waals surface area contributed by atoms with Gasteiger partial charge in [-0.05, 0) is 38.5 Å². The molecule has 8 heteroatoms. The molecule has 2 saturated heterocycles. The zero-order valence-electron chi connectivity index (χ0n) is 15.7. The van der Waals surface area contributed by atoms with Crippen molar-refractivity contribution in [1.82, 2.24) is 25.7 Å². The fourth-order valence-electron chi connectivity index (χ4n) is 4.68. The highest BCUT2D eigenvalue weighted by molar-refractivity contribution is 5.94. The minimum absolute atomic E-state index is 0. The molecule has 2 unspecified atom stereocenters. The summed E-state index contributed by atoms with van der Waals surface area (Å²) in [5.41, 5.74) is 0.529. The summed E-state index contributed by atoms with van der Waals surface area (Å²) in [4.78, 5) is 24.7. The van der Waals surface area contributed by atoms with Crippen molar-refractivity contribution in [3.63, 3.8) is 0 Å². The highest BCUT2D eigenvalue weighted by atomic mass is 35.5. The zero-order valence-corrected chi connectivity index (χ0v) is 16.5. The predicted molar refractivity (Wildman–Crippen MR) is 105 cm³/mol. The van der Waals surface area contributed by atoms with E-state index >= 15 is 0 Å². The molecule has 1 aliphatic carbocycles. The number of amides is 2. The zero-order chi connectivity index (χ0) is 17.9. The van der Waals surface area contributed by atoms with Gasteiger partial charge in [0.25, 0.3) is 5.91 Å². The van der Waals surface area contributed by atoms with E-state index in [0.717, 1.165) is 25.7 Å². The van der Waals surface area contributed by atoms with E-state index in [-0.39, 0.29) is 36.8 Å². The molecular weight excluding hydrogens is 366 g/mol. The Kier molecular flexibility index (Phi) is 6.76. The van der Waals surface area contributed by atoms with Gasteiger partial charge in [0.1, 0.15) is 6.54 Å². The number of carbonyl (C=O) groups is 2. The number of nitrogens with one attached hydrogen (secondary N) is 3. The normalized spacial score (nSPS) is 27.6. The Balaban J connectivity index is 0.00000210. The fourth-order valence-corrected chi connectivity index (χ4v) is 4.68. The summed E-state index contributed by atoms with van der Waals surface area (Å²) in [5.74, 6) is -0.114. The van der Waals surface area contributed by atoms with Crippen molar-refractivity contribution in [3.05, 3.63) is 18.0 Å². The van der Waals surface area contributed by atoms with Gasteiger partial charge in [-0.3, -0.25) is 14.3 Å². The van der Waals surface area contributed by atoms with Crippen LogP contribution in [0.25, 0.3) is 0 Å². The molecule has 3 heterocycles. The minimum Gasteiger partial charge on any atom is -0.352 e. The maximum Gasteiger partial charge on any atom is 0.254 e. The minimum atomic E-state index is -0.0877. The van der Waals surface area contributed by atoms with Crippen LogP contribution in [0.5, 0.6) is 0 Å². The number of hydrogen-bond acceptors (Lipinski definition) is 4. The molecule has 3 fully saturated rings. The molecule has 1 aromatic rings. The summed E-state index contributed by atoms with van der Waals surface area (Å²) in [6.07, 6.45) is 13.4. The Morgan fingerprint density at radius 3 is 2.44 bits per heavy atom. The molecular formula is C19H30ClN5O2. The van der Waals surface area contributed by atoms with Crippen LogP contribution < -0.4 is 16.0 Å². The highest BCUT2D eigenvalue weighted by Gasteiger charge is 2.34. The van der Waals surface area contributed by atoms with Gasteiger partial charge in [-0.2, -0.15) is 5.10 Å². The molecule has 2 amide bonds. The molecule has 2 atom stereocenters. The van der Waals surface area contributed by atoms with Gasteiger partial charge in [0.2, 0.25) is 5.91 Å². The Morgan fingerprint density at radius 2 is 1.74 bits per heavy atom. The number of hydrogen-bond donors (Lipinski definition) is 3. The molecule has 7 nitrogen and oxygen atoms in total. The monoisotopic (exact) mass is 395 g/mol. The van der Waals surface area contributed by atoms with Crippen LogP contribution in [0.1, 0.15) is 68.1 Å². The number of aromatic nitrogens is 2. The average molecular weight is 396 g/mol. The third-order valence-corrected chi connectivity index (χ3v) is 5.98. The van der Waals surface area contributed by atoms with Gasteiger partial charge in [-0.15, -0.1) is 12.4 Å². The third kappa shape index (κ3) is 5.23. The van der Waals surface area contributed by atoms with Crippen LogP contribution in [0.4, 0.5) is 0 Å². The van der Waals surface area contributed by atoms with Crippen molar-refractivity contribution in [2.24, 2.45) is 0 Å². The fraction of sp³-hybridized carbons (Fsp3) is 0.737. The third-order valence-electron chi connectivity index (χ3n) is 5.98. The molecule has 27 heavy (non-hydrogen) atoms. The predicted octanol–water partition coefficient (Wildman–Crippen LogP) is 1.77. The standard InChI is InChI=1S/C19H29N5O2.ClH/c25-18(22-14-4-2-1-3-5-14)12-24-11-13(10-20-24)19(26)23-17-8-15-6-7-16(9-17)21-15;/h10-11,14-17,21H,1-9,12H2,(H,22,25)(H,23,26);1H. The first-order chi connectivity index (χ1) is 12.7. The van der Waals surface area contributed by atoms with Crippen molar-refractivity contribution >= 4 is 24.2 Å². The van der Waals surface area contributed by atoms with E-state index in [2.05, 4.69) is 21.0 Å². The van der Waals surface area contributed by atoms with E-state index in [1.807, 2.05) is 0 Å². The summed E-state index contributed by atoms with van der Waals surface area (Å²) in [5, 5.41) is 14.0. The number of halogens is 1. The van der Waals surface area contributed by atoms with Crippen LogP contribution >= 0.6 is 12.4 Å². The van der Waals surface area contributed by atoms with Crippen LogP contribution in [0.2, 0.25) is 0 Å². The van der Waals surface area contributed by atoms with Gasteiger partial charge in [0.05, 0.1) is 11.8 Å².